The molecule has 33 heavy (non-hydrogen) atoms. The average molecular weight is 468 g/mol. The Bertz CT molecular complexity index is 1070. The lowest BCUT2D eigenvalue weighted by atomic mass is 9.77. The monoisotopic (exact) mass is 467 g/mol. The van der Waals surface area contributed by atoms with Gasteiger partial charge in [-0.3, -0.25) is 0 Å². The standard InChI is InChI=1S/C26H33N3O3S/c1-25(2,3)32-24(30)29-20-8-6-18(28-14-11-26(12-15-28)10-13-27(26)4)16-22(20)33-23-17-19(31-5)7-9-21(23)29/h6-9,16-17H,10-15H2,1-5H3. The molecule has 2 fully saturated rings. The Kier molecular flexibility index (Phi) is 5.52. The molecule has 1 spiro atoms. The van der Waals surface area contributed by atoms with E-state index >= 15 is 0 Å². The minimum Gasteiger partial charge on any atom is -0.497 e. The van der Waals surface area contributed by atoms with E-state index in [1.807, 2.05) is 39.0 Å². The summed E-state index contributed by atoms with van der Waals surface area (Å²) in [6.45, 7) is 9.03. The molecule has 3 heterocycles. The second-order valence-electron chi connectivity index (χ2n) is 10.3. The molecular weight excluding hydrogens is 434 g/mol. The summed E-state index contributed by atoms with van der Waals surface area (Å²) >= 11 is 1.68. The summed E-state index contributed by atoms with van der Waals surface area (Å²) < 4.78 is 11.2. The van der Waals surface area contributed by atoms with Gasteiger partial charge in [-0.15, -0.1) is 0 Å². The molecule has 0 aliphatic carbocycles. The van der Waals surface area contributed by atoms with Crippen molar-refractivity contribution in [3.05, 3.63) is 36.4 Å². The Morgan fingerprint density at radius 1 is 0.970 bits per heavy atom. The van der Waals surface area contributed by atoms with E-state index in [0.717, 1.165) is 40.0 Å². The van der Waals surface area contributed by atoms with Gasteiger partial charge in [0.1, 0.15) is 11.4 Å². The van der Waals surface area contributed by atoms with E-state index in [-0.39, 0.29) is 6.09 Å². The third-order valence-electron chi connectivity index (χ3n) is 7.17. The van der Waals surface area contributed by atoms with Crippen LogP contribution in [-0.4, -0.2) is 55.9 Å². The third-order valence-corrected chi connectivity index (χ3v) is 8.26. The first-order valence-corrected chi connectivity index (χ1v) is 12.5. The van der Waals surface area contributed by atoms with E-state index in [2.05, 4.69) is 35.0 Å². The zero-order valence-electron chi connectivity index (χ0n) is 20.2. The van der Waals surface area contributed by atoms with Crippen LogP contribution in [0, 0.1) is 0 Å². The number of carbonyl (C=O) groups is 1. The number of fused-ring (bicyclic) bond motifs is 2. The molecule has 7 heteroatoms. The second kappa shape index (κ2) is 8.13. The summed E-state index contributed by atoms with van der Waals surface area (Å²) in [5.41, 5.74) is 2.75. The summed E-state index contributed by atoms with van der Waals surface area (Å²) in [7, 11) is 3.92. The highest BCUT2D eigenvalue weighted by Gasteiger charge is 2.44. The first-order chi connectivity index (χ1) is 15.7. The number of benzene rings is 2. The predicted molar refractivity (Wildman–Crippen MR) is 133 cm³/mol. The zero-order chi connectivity index (χ0) is 23.4. The van der Waals surface area contributed by atoms with Crippen LogP contribution in [0.4, 0.5) is 21.9 Å². The lowest BCUT2D eigenvalue weighted by molar-refractivity contribution is -0.00915. The second-order valence-corrected chi connectivity index (χ2v) is 11.4. The fourth-order valence-corrected chi connectivity index (χ4v) is 6.19. The van der Waals surface area contributed by atoms with Crippen molar-refractivity contribution in [2.75, 3.05) is 43.6 Å². The van der Waals surface area contributed by atoms with E-state index in [1.165, 1.54) is 31.5 Å². The number of anilines is 3. The molecule has 3 aliphatic rings. The van der Waals surface area contributed by atoms with Gasteiger partial charge < -0.3 is 19.3 Å². The van der Waals surface area contributed by atoms with E-state index in [4.69, 9.17) is 9.47 Å². The van der Waals surface area contributed by atoms with Crippen molar-refractivity contribution >= 4 is 34.9 Å². The van der Waals surface area contributed by atoms with Gasteiger partial charge in [0.15, 0.2) is 0 Å². The number of carbonyl (C=O) groups excluding carboxylic acids is 1. The highest BCUT2D eigenvalue weighted by atomic mass is 32.2. The predicted octanol–water partition coefficient (Wildman–Crippen LogP) is 5.91. The van der Waals surface area contributed by atoms with E-state index in [9.17, 15) is 4.79 Å². The van der Waals surface area contributed by atoms with Crippen LogP contribution in [0.5, 0.6) is 5.75 Å². The van der Waals surface area contributed by atoms with Crippen molar-refractivity contribution in [3.63, 3.8) is 0 Å². The van der Waals surface area contributed by atoms with Crippen molar-refractivity contribution in [1.82, 2.24) is 4.90 Å². The molecule has 0 bridgehead atoms. The van der Waals surface area contributed by atoms with E-state index in [1.54, 1.807) is 23.8 Å². The van der Waals surface area contributed by atoms with Crippen LogP contribution < -0.4 is 14.5 Å². The van der Waals surface area contributed by atoms with Crippen LogP contribution in [0.3, 0.4) is 0 Å². The van der Waals surface area contributed by atoms with Gasteiger partial charge in [-0.1, -0.05) is 11.8 Å². The quantitative estimate of drug-likeness (QED) is 0.547. The first kappa shape index (κ1) is 22.4. The number of piperidine rings is 1. The van der Waals surface area contributed by atoms with Gasteiger partial charge in [-0.25, -0.2) is 9.69 Å². The molecule has 6 nitrogen and oxygen atoms in total. The Hall–Kier alpha value is -2.38. The number of rotatable bonds is 2. The summed E-state index contributed by atoms with van der Waals surface area (Å²) in [5, 5.41) is 0. The van der Waals surface area contributed by atoms with Crippen LogP contribution in [0.25, 0.3) is 0 Å². The largest absolute Gasteiger partial charge is 0.497 e. The van der Waals surface area contributed by atoms with Crippen LogP contribution in [0.2, 0.25) is 0 Å². The number of hydrogen-bond acceptors (Lipinski definition) is 6. The lowest BCUT2D eigenvalue weighted by Crippen LogP contribution is -2.62. The molecule has 0 N–H and O–H groups in total. The highest BCUT2D eigenvalue weighted by Crippen LogP contribution is 2.51. The Balaban J connectivity index is 1.46. The average Bonchev–Trinajstić information content (AvgIpc) is 2.79. The smallest absolute Gasteiger partial charge is 0.419 e. The Morgan fingerprint density at radius 3 is 2.18 bits per heavy atom. The lowest BCUT2D eigenvalue weighted by Gasteiger charge is -2.55. The zero-order valence-corrected chi connectivity index (χ0v) is 21.0. The van der Waals surface area contributed by atoms with Crippen LogP contribution in [0.1, 0.15) is 40.0 Å². The fraction of sp³-hybridized carbons (Fsp3) is 0.500. The van der Waals surface area contributed by atoms with Crippen molar-refractivity contribution in [2.45, 2.75) is 61.0 Å². The number of likely N-dealkylation sites (tertiary alicyclic amines) is 1. The molecular formula is C26H33N3O3S. The van der Waals surface area contributed by atoms with Gasteiger partial charge in [0.05, 0.1) is 18.5 Å². The molecule has 1 amide bonds. The van der Waals surface area contributed by atoms with Gasteiger partial charge in [-0.2, -0.15) is 0 Å². The number of amides is 1. The molecule has 0 aromatic heterocycles. The molecule has 3 aliphatic heterocycles. The van der Waals surface area contributed by atoms with Crippen molar-refractivity contribution in [1.29, 1.82) is 0 Å². The Labute approximate surface area is 200 Å². The fourth-order valence-electron chi connectivity index (χ4n) is 5.07. The minimum absolute atomic E-state index is 0.365. The maximum atomic E-state index is 13.3. The maximum absolute atomic E-state index is 13.3. The van der Waals surface area contributed by atoms with E-state index in [0.29, 0.717) is 5.54 Å². The molecule has 0 radical (unpaired) electrons. The molecule has 176 valence electrons. The van der Waals surface area contributed by atoms with Crippen LogP contribution in [-0.2, 0) is 4.74 Å². The number of hydrogen-bond donors (Lipinski definition) is 0. The van der Waals surface area contributed by atoms with Crippen molar-refractivity contribution in [3.8, 4) is 5.75 Å². The van der Waals surface area contributed by atoms with Gasteiger partial charge in [0.2, 0.25) is 0 Å². The maximum Gasteiger partial charge on any atom is 0.419 e. The van der Waals surface area contributed by atoms with Gasteiger partial charge >= 0.3 is 6.09 Å². The topological polar surface area (TPSA) is 45.2 Å². The van der Waals surface area contributed by atoms with E-state index < -0.39 is 5.60 Å². The molecule has 2 aromatic carbocycles. The summed E-state index contributed by atoms with van der Waals surface area (Å²) in [5.74, 6) is 0.774. The number of methoxy groups -OCH3 is 1. The normalized spacial score (nSPS) is 19.5. The summed E-state index contributed by atoms with van der Waals surface area (Å²) in [4.78, 5) is 22.0. The Morgan fingerprint density at radius 2 is 1.61 bits per heavy atom. The van der Waals surface area contributed by atoms with Crippen LogP contribution in [0.15, 0.2) is 46.2 Å². The van der Waals surface area contributed by atoms with Gasteiger partial charge in [0, 0.05) is 40.7 Å². The highest BCUT2D eigenvalue weighted by molar-refractivity contribution is 7.99. The summed E-state index contributed by atoms with van der Waals surface area (Å²) in [6, 6.07) is 12.2. The van der Waals surface area contributed by atoms with Gasteiger partial charge in [-0.05, 0) is 83.5 Å². The third kappa shape index (κ3) is 4.06. The van der Waals surface area contributed by atoms with Crippen molar-refractivity contribution in [2.24, 2.45) is 0 Å². The molecule has 2 saturated heterocycles. The molecule has 0 unspecified atom stereocenters. The number of ether oxygens (including phenoxy) is 2. The molecule has 2 aromatic rings. The molecule has 0 saturated carbocycles. The van der Waals surface area contributed by atoms with Crippen LogP contribution >= 0.6 is 11.8 Å². The van der Waals surface area contributed by atoms with Crippen molar-refractivity contribution < 1.29 is 14.3 Å². The minimum atomic E-state index is -0.577. The SMILES string of the molecule is COc1ccc2c(c1)Sc1cc(N3CCC4(CC3)CCN4C)ccc1N2C(=O)OC(C)(C)C. The number of nitrogens with zero attached hydrogens (tertiary/aromatic N) is 3. The van der Waals surface area contributed by atoms with Gasteiger partial charge in [0.25, 0.3) is 0 Å². The molecule has 5 rings (SSSR count). The molecule has 0 atom stereocenters. The summed E-state index contributed by atoms with van der Waals surface area (Å²) in [6.07, 6.45) is 3.37. The first-order valence-electron chi connectivity index (χ1n) is 11.7.